The Balaban J connectivity index is 1.55. The molecule has 188 valence electrons. The van der Waals surface area contributed by atoms with Crippen molar-refractivity contribution in [3.8, 4) is 11.9 Å². The van der Waals surface area contributed by atoms with E-state index in [0.29, 0.717) is 38.9 Å². The van der Waals surface area contributed by atoms with Gasteiger partial charge in [-0.2, -0.15) is 10.2 Å². The van der Waals surface area contributed by atoms with Crippen LogP contribution < -0.4 is 10.1 Å². The van der Waals surface area contributed by atoms with E-state index >= 15 is 0 Å². The molecule has 8 nitrogen and oxygen atoms in total. The molecule has 1 aliphatic rings. The third kappa shape index (κ3) is 7.30. The molecule has 1 fully saturated rings. The number of amides is 1. The summed E-state index contributed by atoms with van der Waals surface area (Å²) in [5.74, 6) is -0.546. The average molecular weight is 485 g/mol. The molecule has 1 heterocycles. The fourth-order valence-electron chi connectivity index (χ4n) is 4.39. The minimum atomic E-state index is -0.928. The highest BCUT2D eigenvalue weighted by Crippen LogP contribution is 2.31. The largest absolute Gasteiger partial charge is 0.474 e. The summed E-state index contributed by atoms with van der Waals surface area (Å²) in [5.41, 5.74) is 0.566. The SMILES string of the molecule is CC(C)(C)N(C(=O)O)[C@H]1CC[C@H](Nc2nc(OCCOCc3ccccc3)c(C#N)cc2F)CC1. The maximum absolute atomic E-state index is 14.6. The van der Waals surface area contributed by atoms with Crippen LogP contribution in [0.2, 0.25) is 0 Å². The maximum atomic E-state index is 14.6. The van der Waals surface area contributed by atoms with E-state index in [-0.39, 0.29) is 36.0 Å². The van der Waals surface area contributed by atoms with Gasteiger partial charge in [-0.15, -0.1) is 0 Å². The molecule has 1 aliphatic carbocycles. The molecule has 9 heteroatoms. The second-order valence-electron chi connectivity index (χ2n) is 9.64. The van der Waals surface area contributed by atoms with Gasteiger partial charge in [0.25, 0.3) is 0 Å². The molecule has 35 heavy (non-hydrogen) atoms. The van der Waals surface area contributed by atoms with Gasteiger partial charge >= 0.3 is 6.09 Å². The molecule has 0 radical (unpaired) electrons. The number of anilines is 1. The highest BCUT2D eigenvalue weighted by molar-refractivity contribution is 5.66. The topological polar surface area (TPSA) is 108 Å². The summed E-state index contributed by atoms with van der Waals surface area (Å²) in [4.78, 5) is 17.5. The first-order valence-corrected chi connectivity index (χ1v) is 11.8. The van der Waals surface area contributed by atoms with Crippen molar-refractivity contribution >= 4 is 11.9 Å². The van der Waals surface area contributed by atoms with E-state index in [1.165, 1.54) is 4.90 Å². The second kappa shape index (κ2) is 11.8. The number of halogens is 1. The fourth-order valence-corrected chi connectivity index (χ4v) is 4.39. The summed E-state index contributed by atoms with van der Waals surface area (Å²) in [7, 11) is 0. The van der Waals surface area contributed by atoms with Crippen molar-refractivity contribution in [3.63, 3.8) is 0 Å². The zero-order valence-corrected chi connectivity index (χ0v) is 20.5. The lowest BCUT2D eigenvalue weighted by molar-refractivity contribution is 0.0556. The number of nitriles is 1. The number of aromatic nitrogens is 1. The summed E-state index contributed by atoms with van der Waals surface area (Å²) >= 11 is 0. The highest BCUT2D eigenvalue weighted by Gasteiger charge is 2.35. The summed E-state index contributed by atoms with van der Waals surface area (Å²) < 4.78 is 25.8. The number of nitrogens with zero attached hydrogens (tertiary/aromatic N) is 3. The van der Waals surface area contributed by atoms with Crippen molar-refractivity contribution in [2.75, 3.05) is 18.5 Å². The number of nitrogens with one attached hydrogen (secondary N) is 1. The molecule has 0 unspecified atom stereocenters. The van der Waals surface area contributed by atoms with Crippen molar-refractivity contribution in [3.05, 3.63) is 53.3 Å². The lowest BCUT2D eigenvalue weighted by atomic mass is 9.88. The van der Waals surface area contributed by atoms with Crippen molar-refractivity contribution in [1.29, 1.82) is 5.26 Å². The number of pyridine rings is 1. The number of hydrogen-bond donors (Lipinski definition) is 2. The van der Waals surface area contributed by atoms with Crippen molar-refractivity contribution < 1.29 is 23.8 Å². The lowest BCUT2D eigenvalue weighted by Gasteiger charge is -2.42. The molecular formula is C26H33FN4O4. The predicted molar refractivity (Wildman–Crippen MR) is 130 cm³/mol. The Morgan fingerprint density at radius 3 is 2.51 bits per heavy atom. The first-order chi connectivity index (χ1) is 16.7. The zero-order valence-electron chi connectivity index (χ0n) is 20.5. The van der Waals surface area contributed by atoms with Crippen LogP contribution >= 0.6 is 0 Å². The predicted octanol–water partition coefficient (Wildman–Crippen LogP) is 5.19. The van der Waals surface area contributed by atoms with Crippen molar-refractivity contribution in [1.82, 2.24) is 9.88 Å². The Hall–Kier alpha value is -3.38. The molecule has 0 atom stereocenters. The first-order valence-electron chi connectivity index (χ1n) is 11.8. The maximum Gasteiger partial charge on any atom is 0.407 e. The normalized spacial score (nSPS) is 17.9. The van der Waals surface area contributed by atoms with E-state index in [0.717, 1.165) is 11.6 Å². The van der Waals surface area contributed by atoms with Gasteiger partial charge in [0.2, 0.25) is 5.88 Å². The lowest BCUT2D eigenvalue weighted by Crippen LogP contribution is -2.52. The molecule has 0 bridgehead atoms. The Bertz CT molecular complexity index is 1030. The summed E-state index contributed by atoms with van der Waals surface area (Å²) in [6.45, 7) is 6.55. The molecule has 0 spiro atoms. The van der Waals surface area contributed by atoms with E-state index in [4.69, 9.17) is 9.47 Å². The molecule has 1 saturated carbocycles. The van der Waals surface area contributed by atoms with E-state index in [2.05, 4.69) is 10.3 Å². The molecule has 1 aromatic carbocycles. The molecule has 1 amide bonds. The minimum absolute atomic E-state index is 0.0158. The minimum Gasteiger partial charge on any atom is -0.474 e. The van der Waals surface area contributed by atoms with Crippen LogP contribution in [-0.4, -0.2) is 51.9 Å². The Morgan fingerprint density at radius 2 is 1.91 bits per heavy atom. The van der Waals surface area contributed by atoms with Gasteiger partial charge in [0.05, 0.1) is 13.2 Å². The van der Waals surface area contributed by atoms with Gasteiger partial charge in [-0.05, 0) is 52.0 Å². The first kappa shape index (κ1) is 26.2. The number of hydrogen-bond acceptors (Lipinski definition) is 6. The summed E-state index contributed by atoms with van der Waals surface area (Å²) in [6.07, 6.45) is 1.76. The van der Waals surface area contributed by atoms with E-state index in [9.17, 15) is 19.6 Å². The van der Waals surface area contributed by atoms with Crippen LogP contribution in [-0.2, 0) is 11.3 Å². The quantitative estimate of drug-likeness (QED) is 0.472. The van der Waals surface area contributed by atoms with E-state index in [1.807, 2.05) is 57.2 Å². The van der Waals surface area contributed by atoms with E-state index < -0.39 is 17.4 Å². The van der Waals surface area contributed by atoms with Gasteiger partial charge in [0.15, 0.2) is 11.6 Å². The van der Waals surface area contributed by atoms with Gasteiger partial charge in [0, 0.05) is 23.7 Å². The third-order valence-corrected chi connectivity index (χ3v) is 5.97. The fraction of sp³-hybridized carbons (Fsp3) is 0.500. The van der Waals surface area contributed by atoms with Crippen LogP contribution in [0.25, 0.3) is 0 Å². The molecular weight excluding hydrogens is 451 g/mol. The average Bonchev–Trinajstić information content (AvgIpc) is 2.81. The van der Waals surface area contributed by atoms with Gasteiger partial charge in [-0.1, -0.05) is 30.3 Å². The second-order valence-corrected chi connectivity index (χ2v) is 9.64. The van der Waals surface area contributed by atoms with Gasteiger partial charge in [-0.25, -0.2) is 9.18 Å². The number of rotatable bonds is 9. The van der Waals surface area contributed by atoms with E-state index in [1.54, 1.807) is 0 Å². The van der Waals surface area contributed by atoms with Crippen LogP contribution in [0, 0.1) is 17.1 Å². The number of carboxylic acid groups (broad SMARTS) is 1. The smallest absolute Gasteiger partial charge is 0.407 e. The molecule has 2 aromatic rings. The molecule has 3 rings (SSSR count). The van der Waals surface area contributed by atoms with Crippen molar-refractivity contribution in [2.24, 2.45) is 0 Å². The van der Waals surface area contributed by atoms with Gasteiger partial charge in [0.1, 0.15) is 18.2 Å². The number of benzene rings is 1. The molecule has 2 N–H and O–H groups in total. The number of carbonyl (C=O) groups is 1. The third-order valence-electron chi connectivity index (χ3n) is 5.97. The van der Waals surface area contributed by atoms with Crippen LogP contribution in [0.15, 0.2) is 36.4 Å². The molecule has 0 aliphatic heterocycles. The zero-order chi connectivity index (χ0) is 25.4. The monoisotopic (exact) mass is 484 g/mol. The van der Waals surface area contributed by atoms with Crippen LogP contribution in [0.4, 0.5) is 15.0 Å². The Labute approximate surface area is 205 Å². The standard InChI is InChI=1S/C26H33FN4O4/c1-26(2,3)31(25(32)33)21-11-9-20(10-12-21)29-23-22(27)15-19(16-28)24(30-23)35-14-13-34-17-18-7-5-4-6-8-18/h4-8,15,20-21H,9-14,17H2,1-3H3,(H,29,30)(H,32,33)/t20-,21-. The number of ether oxygens (including phenoxy) is 2. The Morgan fingerprint density at radius 1 is 1.23 bits per heavy atom. The van der Waals surface area contributed by atoms with Crippen molar-refractivity contribution in [2.45, 2.75) is 70.7 Å². The highest BCUT2D eigenvalue weighted by atomic mass is 19.1. The molecule has 0 saturated heterocycles. The summed E-state index contributed by atoms with van der Waals surface area (Å²) in [6, 6.07) is 12.6. The van der Waals surface area contributed by atoms with Gasteiger partial charge < -0.3 is 24.8 Å². The van der Waals surface area contributed by atoms with Crippen LogP contribution in [0.3, 0.4) is 0 Å². The van der Waals surface area contributed by atoms with Crippen LogP contribution in [0.1, 0.15) is 57.6 Å². The summed E-state index contributed by atoms with van der Waals surface area (Å²) in [5, 5.41) is 22.1. The molecule has 1 aromatic heterocycles. The Kier molecular flexibility index (Phi) is 8.88. The van der Waals surface area contributed by atoms with Crippen LogP contribution in [0.5, 0.6) is 5.88 Å². The van der Waals surface area contributed by atoms with Gasteiger partial charge in [-0.3, -0.25) is 0 Å².